The van der Waals surface area contributed by atoms with E-state index in [-0.39, 0.29) is 17.7 Å². The SMILES string of the molecule is CC(C)(C)OC(=O)N1CCc2ccccc2[C@H]1C(=O)N1CCC[C@H](C(=O)NCC2CC2)C1. The van der Waals surface area contributed by atoms with Crippen molar-refractivity contribution >= 4 is 17.9 Å². The first-order valence-electron chi connectivity index (χ1n) is 11.9. The number of ether oxygens (including phenoxy) is 1. The molecule has 1 aromatic rings. The zero-order chi connectivity index (χ0) is 22.9. The minimum absolute atomic E-state index is 0.0439. The molecule has 32 heavy (non-hydrogen) atoms. The Balaban J connectivity index is 1.52. The van der Waals surface area contributed by atoms with Crippen molar-refractivity contribution in [2.24, 2.45) is 11.8 Å². The maximum Gasteiger partial charge on any atom is 0.411 e. The van der Waals surface area contributed by atoms with Crippen LogP contribution in [0, 0.1) is 11.8 Å². The van der Waals surface area contributed by atoms with E-state index in [9.17, 15) is 14.4 Å². The van der Waals surface area contributed by atoms with Gasteiger partial charge >= 0.3 is 6.09 Å². The van der Waals surface area contributed by atoms with Gasteiger partial charge in [-0.1, -0.05) is 24.3 Å². The van der Waals surface area contributed by atoms with Crippen LogP contribution in [0.3, 0.4) is 0 Å². The molecule has 0 aromatic heterocycles. The van der Waals surface area contributed by atoms with Crippen LogP contribution in [0.1, 0.15) is 63.6 Å². The Hall–Kier alpha value is -2.57. The van der Waals surface area contributed by atoms with Crippen molar-refractivity contribution < 1.29 is 19.1 Å². The van der Waals surface area contributed by atoms with Crippen LogP contribution in [-0.2, 0) is 20.7 Å². The smallest absolute Gasteiger partial charge is 0.411 e. The second-order valence-corrected chi connectivity index (χ2v) is 10.3. The van der Waals surface area contributed by atoms with Crippen molar-refractivity contribution in [3.05, 3.63) is 35.4 Å². The van der Waals surface area contributed by atoms with Gasteiger partial charge in [-0.15, -0.1) is 0 Å². The number of hydrogen-bond donors (Lipinski definition) is 1. The van der Waals surface area contributed by atoms with E-state index < -0.39 is 17.7 Å². The quantitative estimate of drug-likeness (QED) is 0.778. The molecule has 3 amide bonds. The fraction of sp³-hybridized carbons (Fsp3) is 0.640. The molecule has 174 valence electrons. The lowest BCUT2D eigenvalue weighted by Gasteiger charge is -2.41. The van der Waals surface area contributed by atoms with E-state index in [4.69, 9.17) is 4.74 Å². The van der Waals surface area contributed by atoms with E-state index in [1.165, 1.54) is 12.8 Å². The van der Waals surface area contributed by atoms with Crippen LogP contribution in [-0.4, -0.2) is 59.5 Å². The second kappa shape index (κ2) is 9.12. The third kappa shape index (κ3) is 5.25. The molecule has 1 saturated carbocycles. The Kier molecular flexibility index (Phi) is 6.45. The zero-order valence-electron chi connectivity index (χ0n) is 19.4. The number of hydrogen-bond acceptors (Lipinski definition) is 4. The summed E-state index contributed by atoms with van der Waals surface area (Å²) in [4.78, 5) is 42.8. The average molecular weight is 442 g/mol. The monoisotopic (exact) mass is 441 g/mol. The molecule has 2 heterocycles. The van der Waals surface area contributed by atoms with Crippen molar-refractivity contribution in [1.29, 1.82) is 0 Å². The lowest BCUT2D eigenvalue weighted by atomic mass is 9.90. The summed E-state index contributed by atoms with van der Waals surface area (Å²) in [5.41, 5.74) is 1.30. The Morgan fingerprint density at radius 2 is 1.84 bits per heavy atom. The topological polar surface area (TPSA) is 79.0 Å². The Labute approximate surface area is 190 Å². The van der Waals surface area contributed by atoms with Crippen LogP contribution in [0.25, 0.3) is 0 Å². The number of piperidine rings is 1. The van der Waals surface area contributed by atoms with E-state index in [1.807, 2.05) is 45.0 Å². The summed E-state index contributed by atoms with van der Waals surface area (Å²) in [6, 6.07) is 7.10. The van der Waals surface area contributed by atoms with Gasteiger partial charge in [-0.2, -0.15) is 0 Å². The lowest BCUT2D eigenvalue weighted by molar-refractivity contribution is -0.141. The molecule has 1 saturated heterocycles. The summed E-state index contributed by atoms with van der Waals surface area (Å²) in [5.74, 6) is 0.354. The van der Waals surface area contributed by atoms with Gasteiger partial charge in [0.2, 0.25) is 11.8 Å². The van der Waals surface area contributed by atoms with E-state index in [0.717, 1.165) is 30.5 Å². The Bertz CT molecular complexity index is 874. The van der Waals surface area contributed by atoms with Crippen molar-refractivity contribution in [3.63, 3.8) is 0 Å². The van der Waals surface area contributed by atoms with Gasteiger partial charge in [-0.25, -0.2) is 4.79 Å². The minimum Gasteiger partial charge on any atom is -0.444 e. The van der Waals surface area contributed by atoms with Crippen molar-refractivity contribution in [2.45, 2.75) is 64.5 Å². The first-order valence-corrected chi connectivity index (χ1v) is 11.9. The van der Waals surface area contributed by atoms with Gasteiger partial charge in [0.15, 0.2) is 0 Å². The predicted octanol–water partition coefficient (Wildman–Crippen LogP) is 3.29. The van der Waals surface area contributed by atoms with Gasteiger partial charge in [0.1, 0.15) is 11.6 Å². The van der Waals surface area contributed by atoms with E-state index in [2.05, 4.69) is 5.32 Å². The highest BCUT2D eigenvalue weighted by Gasteiger charge is 2.41. The molecule has 2 atom stereocenters. The summed E-state index contributed by atoms with van der Waals surface area (Å²) < 4.78 is 5.63. The number of nitrogens with one attached hydrogen (secondary N) is 1. The first kappa shape index (κ1) is 22.6. The fourth-order valence-electron chi connectivity index (χ4n) is 4.63. The van der Waals surface area contributed by atoms with Gasteiger partial charge in [-0.3, -0.25) is 14.5 Å². The Morgan fingerprint density at radius 3 is 2.56 bits per heavy atom. The maximum atomic E-state index is 13.8. The second-order valence-electron chi connectivity index (χ2n) is 10.3. The molecule has 3 aliphatic rings. The third-order valence-electron chi connectivity index (χ3n) is 6.51. The van der Waals surface area contributed by atoms with Crippen molar-refractivity contribution in [3.8, 4) is 0 Å². The molecular formula is C25H35N3O4. The molecule has 7 heteroatoms. The van der Waals surface area contributed by atoms with Crippen LogP contribution in [0.2, 0.25) is 0 Å². The lowest BCUT2D eigenvalue weighted by Crippen LogP contribution is -2.53. The van der Waals surface area contributed by atoms with Crippen LogP contribution in [0.5, 0.6) is 0 Å². The normalized spacial score (nSPS) is 23.3. The standard InChI is InChI=1S/C25H35N3O4/c1-25(2,3)32-24(31)28-14-12-18-7-4-5-9-20(18)21(28)23(30)27-13-6-8-19(16-27)22(29)26-15-17-10-11-17/h4-5,7,9,17,19,21H,6,8,10-16H2,1-3H3,(H,26,29)/t19-,21-/m0/s1. The maximum absolute atomic E-state index is 13.8. The summed E-state index contributed by atoms with van der Waals surface area (Å²) in [6.07, 6.45) is 4.17. The van der Waals surface area contributed by atoms with Gasteiger partial charge < -0.3 is 15.0 Å². The van der Waals surface area contributed by atoms with Crippen LogP contribution < -0.4 is 5.32 Å². The number of rotatable bonds is 4. The number of fused-ring (bicyclic) bond motifs is 1. The van der Waals surface area contributed by atoms with Crippen LogP contribution >= 0.6 is 0 Å². The number of carbonyl (C=O) groups excluding carboxylic acids is 3. The van der Waals surface area contributed by atoms with Crippen LogP contribution in [0.4, 0.5) is 4.79 Å². The molecule has 1 aliphatic carbocycles. The van der Waals surface area contributed by atoms with E-state index in [0.29, 0.717) is 32.0 Å². The molecule has 2 fully saturated rings. The molecule has 1 N–H and O–H groups in total. The number of carbonyl (C=O) groups is 3. The molecule has 7 nitrogen and oxygen atoms in total. The molecule has 4 rings (SSSR count). The summed E-state index contributed by atoms with van der Waals surface area (Å²) in [6.45, 7) is 7.66. The highest BCUT2D eigenvalue weighted by atomic mass is 16.6. The Morgan fingerprint density at radius 1 is 1.09 bits per heavy atom. The van der Waals surface area contributed by atoms with Crippen molar-refractivity contribution in [1.82, 2.24) is 15.1 Å². The van der Waals surface area contributed by atoms with E-state index in [1.54, 1.807) is 9.80 Å². The average Bonchev–Trinajstić information content (AvgIpc) is 3.59. The molecular weight excluding hydrogens is 406 g/mol. The summed E-state index contributed by atoms with van der Waals surface area (Å²) in [7, 11) is 0. The van der Waals surface area contributed by atoms with Gasteiger partial charge in [0.05, 0.1) is 5.92 Å². The number of benzene rings is 1. The molecule has 0 radical (unpaired) electrons. The summed E-state index contributed by atoms with van der Waals surface area (Å²) >= 11 is 0. The van der Waals surface area contributed by atoms with Gasteiger partial charge in [-0.05, 0) is 69.9 Å². The number of likely N-dealkylation sites (tertiary alicyclic amines) is 1. The number of amides is 3. The molecule has 2 aliphatic heterocycles. The highest BCUT2D eigenvalue weighted by Crippen LogP contribution is 2.34. The predicted molar refractivity (Wildman–Crippen MR) is 121 cm³/mol. The highest BCUT2D eigenvalue weighted by molar-refractivity contribution is 5.89. The van der Waals surface area contributed by atoms with Crippen molar-refractivity contribution in [2.75, 3.05) is 26.2 Å². The molecule has 1 aromatic carbocycles. The minimum atomic E-state index is -0.719. The zero-order valence-corrected chi connectivity index (χ0v) is 19.4. The first-order chi connectivity index (χ1) is 15.2. The fourth-order valence-corrected chi connectivity index (χ4v) is 4.63. The van der Waals surface area contributed by atoms with Gasteiger partial charge in [0.25, 0.3) is 0 Å². The molecule has 0 bridgehead atoms. The van der Waals surface area contributed by atoms with Gasteiger partial charge in [0, 0.05) is 26.2 Å². The molecule has 0 spiro atoms. The third-order valence-corrected chi connectivity index (χ3v) is 6.51. The largest absolute Gasteiger partial charge is 0.444 e. The van der Waals surface area contributed by atoms with E-state index >= 15 is 0 Å². The molecule has 0 unspecified atom stereocenters. The van der Waals surface area contributed by atoms with Crippen LogP contribution in [0.15, 0.2) is 24.3 Å². The number of nitrogens with zero attached hydrogens (tertiary/aromatic N) is 2. The summed E-state index contributed by atoms with van der Waals surface area (Å²) in [5, 5.41) is 3.06.